The summed E-state index contributed by atoms with van der Waals surface area (Å²) < 4.78 is 60.9. The molecule has 2 N–H and O–H groups in total. The molecule has 3 unspecified atom stereocenters. The van der Waals surface area contributed by atoms with Crippen LogP contribution in [-0.2, 0) is 18.9 Å². The second kappa shape index (κ2) is 6.52. The van der Waals surface area contributed by atoms with Gasteiger partial charge in [0.15, 0.2) is 0 Å². The molecule has 0 aliphatic heterocycles. The van der Waals surface area contributed by atoms with Crippen LogP contribution in [-0.4, -0.2) is 40.2 Å². The predicted molar refractivity (Wildman–Crippen MR) is 75.2 cm³/mol. The zero-order chi connectivity index (χ0) is 18.5. The summed E-state index contributed by atoms with van der Waals surface area (Å²) in [4.78, 5) is 11.8. The fourth-order valence-corrected chi connectivity index (χ4v) is 5.26. The minimum Gasteiger partial charge on any atom is -0.462 e. The Morgan fingerprint density at radius 1 is 1.16 bits per heavy atom. The van der Waals surface area contributed by atoms with Crippen molar-refractivity contribution in [3.63, 3.8) is 0 Å². The van der Waals surface area contributed by atoms with Gasteiger partial charge in [-0.15, -0.1) is 4.33 Å². The van der Waals surface area contributed by atoms with E-state index in [1.165, 1.54) is 0 Å². The Kier molecular flexibility index (Phi) is 4.99. The van der Waals surface area contributed by atoms with Crippen LogP contribution in [0.1, 0.15) is 32.1 Å². The van der Waals surface area contributed by atoms with Crippen LogP contribution < -0.4 is 0 Å². The molecule has 144 valence electrons. The van der Waals surface area contributed by atoms with Crippen molar-refractivity contribution in [2.24, 2.45) is 23.2 Å². The van der Waals surface area contributed by atoms with Crippen molar-refractivity contribution in [3.05, 3.63) is 0 Å². The molecular formula is C14H18F4O6S. The van der Waals surface area contributed by atoms with Crippen LogP contribution in [0.2, 0.25) is 0 Å². The fourth-order valence-electron chi connectivity index (χ4n) is 4.91. The molecule has 4 saturated carbocycles. The van der Waals surface area contributed by atoms with E-state index >= 15 is 0 Å². The van der Waals surface area contributed by atoms with Crippen LogP contribution in [0.5, 0.6) is 0 Å². The molecule has 4 fully saturated rings. The fraction of sp³-hybridized carbons (Fsp3) is 0.929. The highest BCUT2D eigenvalue weighted by atomic mass is 32.2. The Labute approximate surface area is 144 Å². The first-order chi connectivity index (χ1) is 11.6. The van der Waals surface area contributed by atoms with E-state index in [0.717, 1.165) is 12.8 Å². The first kappa shape index (κ1) is 19.2. The SMILES string of the molecule is O=C(OCC12CC3CC(C1)C(O)C(C3)C2)C(F)(SOOO)C(F)(F)F. The Bertz CT molecular complexity index is 516. The zero-order valence-corrected chi connectivity index (χ0v) is 13.8. The van der Waals surface area contributed by atoms with Crippen molar-refractivity contribution in [3.8, 4) is 0 Å². The molecule has 3 atom stereocenters. The maximum absolute atomic E-state index is 14.1. The largest absolute Gasteiger partial charge is 0.462 e. The van der Waals surface area contributed by atoms with Crippen LogP contribution in [0.15, 0.2) is 0 Å². The maximum Gasteiger partial charge on any atom is 0.446 e. The summed E-state index contributed by atoms with van der Waals surface area (Å²) in [6, 6.07) is 0. The number of halogens is 4. The lowest BCUT2D eigenvalue weighted by atomic mass is 9.49. The molecule has 11 heteroatoms. The van der Waals surface area contributed by atoms with Gasteiger partial charge in [0, 0.05) is 5.41 Å². The van der Waals surface area contributed by atoms with Gasteiger partial charge in [-0.2, -0.15) is 13.2 Å². The number of hydrogen-bond acceptors (Lipinski definition) is 7. The van der Waals surface area contributed by atoms with Gasteiger partial charge in [0.2, 0.25) is 0 Å². The number of aliphatic hydroxyl groups is 1. The third-order valence-electron chi connectivity index (χ3n) is 5.67. The van der Waals surface area contributed by atoms with Gasteiger partial charge in [-0.3, -0.25) is 0 Å². The van der Waals surface area contributed by atoms with Gasteiger partial charge in [-0.05, 0) is 49.9 Å². The molecule has 0 aromatic heterocycles. The van der Waals surface area contributed by atoms with Gasteiger partial charge >= 0.3 is 17.1 Å². The lowest BCUT2D eigenvalue weighted by molar-refractivity contribution is -0.433. The summed E-state index contributed by atoms with van der Waals surface area (Å²) in [7, 11) is 0. The molecule has 0 saturated heterocycles. The minimum absolute atomic E-state index is 0.0446. The number of alkyl halides is 4. The smallest absolute Gasteiger partial charge is 0.446 e. The van der Waals surface area contributed by atoms with Gasteiger partial charge in [0.25, 0.3) is 0 Å². The summed E-state index contributed by atoms with van der Waals surface area (Å²) in [5, 5.41) is 16.6. The third-order valence-corrected chi connectivity index (χ3v) is 6.42. The average Bonchev–Trinajstić information content (AvgIpc) is 2.53. The van der Waals surface area contributed by atoms with Crippen molar-refractivity contribution < 1.29 is 46.8 Å². The van der Waals surface area contributed by atoms with Crippen molar-refractivity contribution >= 4 is 18.0 Å². The molecule has 0 heterocycles. The van der Waals surface area contributed by atoms with E-state index in [9.17, 15) is 27.5 Å². The Morgan fingerprint density at radius 3 is 2.28 bits per heavy atom. The molecule has 4 aliphatic rings. The molecule has 0 radical (unpaired) electrons. The highest BCUT2D eigenvalue weighted by Gasteiger charge is 2.66. The quantitative estimate of drug-likeness (QED) is 0.237. The van der Waals surface area contributed by atoms with Gasteiger partial charge in [0.05, 0.1) is 24.8 Å². The van der Waals surface area contributed by atoms with E-state index in [0.29, 0.717) is 25.2 Å². The zero-order valence-electron chi connectivity index (χ0n) is 13.0. The van der Waals surface area contributed by atoms with Crippen LogP contribution >= 0.6 is 12.0 Å². The highest BCUT2D eigenvalue weighted by Crippen LogP contribution is 2.60. The monoisotopic (exact) mass is 390 g/mol. The first-order valence-electron chi connectivity index (χ1n) is 7.87. The van der Waals surface area contributed by atoms with Gasteiger partial charge in [0.1, 0.15) is 0 Å². The number of carbonyl (C=O) groups is 1. The van der Waals surface area contributed by atoms with E-state index in [2.05, 4.69) is 9.37 Å². The van der Waals surface area contributed by atoms with Crippen LogP contribution in [0.3, 0.4) is 0 Å². The minimum atomic E-state index is -5.62. The average molecular weight is 390 g/mol. The second-order valence-electron chi connectivity index (χ2n) is 7.36. The van der Waals surface area contributed by atoms with Crippen molar-refractivity contribution in [2.45, 2.75) is 49.4 Å². The van der Waals surface area contributed by atoms with Crippen LogP contribution in [0.25, 0.3) is 0 Å². The van der Waals surface area contributed by atoms with E-state index in [1.807, 2.05) is 0 Å². The molecule has 25 heavy (non-hydrogen) atoms. The third kappa shape index (κ3) is 3.36. The van der Waals surface area contributed by atoms with E-state index in [4.69, 9.17) is 9.99 Å². The lowest BCUT2D eigenvalue weighted by Gasteiger charge is -2.58. The van der Waals surface area contributed by atoms with Crippen LogP contribution in [0.4, 0.5) is 17.6 Å². The predicted octanol–water partition coefficient (Wildman–Crippen LogP) is 3.01. The maximum atomic E-state index is 14.1. The van der Waals surface area contributed by atoms with Crippen LogP contribution in [0, 0.1) is 23.2 Å². The Morgan fingerprint density at radius 2 is 1.76 bits per heavy atom. The summed E-state index contributed by atoms with van der Waals surface area (Å²) in [5.74, 6) is -1.72. The topological polar surface area (TPSA) is 85.2 Å². The summed E-state index contributed by atoms with van der Waals surface area (Å²) in [6.45, 7) is -0.343. The standard InChI is InChI=1S/C14H18F4O6S/c15-13(14(16,17)18,25-24-23-21)11(20)22-6-12-3-7-1-8(4-12)10(19)9(2-7)5-12/h7-10,19,21H,1-6H2. The molecule has 0 aromatic carbocycles. The highest BCUT2D eigenvalue weighted by molar-refractivity contribution is 7.96. The lowest BCUT2D eigenvalue weighted by Crippen LogP contribution is -2.55. The molecule has 4 bridgehead atoms. The van der Waals surface area contributed by atoms with E-state index in [-0.39, 0.29) is 18.4 Å². The molecule has 0 aromatic rings. The summed E-state index contributed by atoms with van der Waals surface area (Å²) in [5.41, 5.74) is -0.517. The molecule has 0 amide bonds. The second-order valence-corrected chi connectivity index (χ2v) is 8.22. The first-order valence-corrected chi connectivity index (χ1v) is 8.61. The number of hydrogen-bond donors (Lipinski definition) is 2. The van der Waals surface area contributed by atoms with Crippen molar-refractivity contribution in [1.82, 2.24) is 0 Å². The summed E-state index contributed by atoms with van der Waals surface area (Å²) in [6.07, 6.45) is -2.55. The Balaban J connectivity index is 1.67. The number of rotatable bonds is 6. The molecule has 0 spiro atoms. The van der Waals surface area contributed by atoms with E-state index < -0.39 is 40.7 Å². The number of carbonyl (C=O) groups excluding carboxylic acids is 1. The molecule has 4 aliphatic carbocycles. The van der Waals surface area contributed by atoms with Crippen molar-refractivity contribution in [2.75, 3.05) is 6.61 Å². The van der Waals surface area contributed by atoms with Gasteiger partial charge in [-0.25, -0.2) is 14.4 Å². The van der Waals surface area contributed by atoms with Gasteiger partial charge < -0.3 is 9.84 Å². The number of aliphatic hydroxyl groups excluding tert-OH is 1. The van der Waals surface area contributed by atoms with E-state index in [1.54, 1.807) is 0 Å². The number of ether oxygens (including phenoxy) is 1. The van der Waals surface area contributed by atoms with Gasteiger partial charge in [-0.1, -0.05) is 5.04 Å². The molecular weight excluding hydrogens is 372 g/mol. The number of esters is 1. The summed E-state index contributed by atoms with van der Waals surface area (Å²) >= 11 is -1.02. The van der Waals surface area contributed by atoms with Crippen molar-refractivity contribution in [1.29, 1.82) is 0 Å². The molecule has 4 rings (SSSR count). The molecule has 6 nitrogen and oxygen atoms in total. The Hall–Kier alpha value is -0.620. The normalized spacial score (nSPS) is 39.3.